The van der Waals surface area contributed by atoms with Crippen molar-refractivity contribution in [3.05, 3.63) is 0 Å². The molecule has 5 heavy (non-hydrogen) atoms. The second-order valence-corrected chi connectivity index (χ2v) is 0. The summed E-state index contributed by atoms with van der Waals surface area (Å²) in [6, 6.07) is 0. The zero-order valence-electron chi connectivity index (χ0n) is 2.08. The van der Waals surface area contributed by atoms with Gasteiger partial charge in [0.05, 0.1) is 8.41 Å². The van der Waals surface area contributed by atoms with Crippen molar-refractivity contribution in [1.29, 1.82) is 0 Å². The van der Waals surface area contributed by atoms with Gasteiger partial charge in [0.1, 0.15) is 0 Å². The van der Waals surface area contributed by atoms with E-state index in [4.69, 9.17) is 0 Å². The molecule has 0 rings (SSSR count). The Labute approximate surface area is 57.5 Å². The van der Waals surface area contributed by atoms with E-state index in [1.54, 1.807) is 0 Å². The van der Waals surface area contributed by atoms with Crippen molar-refractivity contribution in [1.82, 2.24) is 0 Å². The Balaban J connectivity index is 0. The molecule has 0 heterocycles. The van der Waals surface area contributed by atoms with Crippen molar-refractivity contribution < 1.29 is 49.1 Å². The molecular weight excluding hydrogens is 148 g/mol. The second-order valence-electron chi connectivity index (χ2n) is 0. The molecule has 0 aromatic carbocycles. The van der Waals surface area contributed by atoms with Crippen LogP contribution < -0.4 is 0 Å². The summed E-state index contributed by atoms with van der Waals surface area (Å²) in [7, 11) is 0. The molecule has 0 bridgehead atoms. The van der Waals surface area contributed by atoms with E-state index in [1.807, 2.05) is 0 Å². The Morgan fingerprint density at radius 1 is 0.600 bits per heavy atom. The van der Waals surface area contributed by atoms with E-state index in [-0.39, 0.29) is 57.6 Å². The van der Waals surface area contributed by atoms with E-state index in [0.29, 0.717) is 0 Å². The maximum atomic E-state index is 0. The molecule has 0 unspecified atom stereocenters. The summed E-state index contributed by atoms with van der Waals surface area (Å²) in [4.78, 5) is 0. The largest absolute Gasteiger partial charge is 0.412 e. The molecule has 5 heteroatoms. The minimum atomic E-state index is 0. The van der Waals surface area contributed by atoms with Gasteiger partial charge in [-0.3, -0.25) is 0 Å². The minimum absolute atomic E-state index is 0. The van der Waals surface area contributed by atoms with Crippen LogP contribution >= 0.6 is 0 Å². The summed E-state index contributed by atoms with van der Waals surface area (Å²) in [5, 5.41) is 0. The molecule has 0 aliphatic carbocycles. The van der Waals surface area contributed by atoms with Gasteiger partial charge < -0.3 is 16.4 Å². The first-order valence-corrected chi connectivity index (χ1v) is 0. The van der Waals surface area contributed by atoms with E-state index in [0.717, 1.165) is 0 Å². The molecule has 6 N–H and O–H groups in total. The van der Waals surface area contributed by atoms with E-state index < -0.39 is 0 Å². The standard InChI is InChI=1S/BH3.3H2O.Y/h1H3;3*1H2;. The number of rotatable bonds is 0. The fourth-order valence-corrected chi connectivity index (χ4v) is 0. The Kier molecular flexibility index (Phi) is 2110. The Morgan fingerprint density at radius 2 is 0.600 bits per heavy atom. The topological polar surface area (TPSA) is 94.5 Å². The first-order chi connectivity index (χ1) is 0. The van der Waals surface area contributed by atoms with Gasteiger partial charge in [-0.2, -0.15) is 0 Å². The van der Waals surface area contributed by atoms with Crippen LogP contribution in [0, 0.1) is 0 Å². The molecule has 0 fully saturated rings. The van der Waals surface area contributed by atoms with Gasteiger partial charge in [0.15, 0.2) is 0 Å². The molecule has 3 nitrogen and oxygen atoms in total. The van der Waals surface area contributed by atoms with E-state index in [1.165, 1.54) is 0 Å². The fraction of sp³-hybridized carbons (Fsp3) is 0. The Morgan fingerprint density at radius 3 is 0.600 bits per heavy atom. The van der Waals surface area contributed by atoms with Crippen LogP contribution in [-0.4, -0.2) is 24.8 Å². The van der Waals surface area contributed by atoms with Gasteiger partial charge in [-0.1, -0.05) is 0 Å². The number of hydrogen-bond acceptors (Lipinski definition) is 0. The summed E-state index contributed by atoms with van der Waals surface area (Å²) in [5.74, 6) is 0. The minimum Gasteiger partial charge on any atom is -0.412 e. The van der Waals surface area contributed by atoms with E-state index in [2.05, 4.69) is 0 Å². The van der Waals surface area contributed by atoms with Crippen LogP contribution in [0.1, 0.15) is 0 Å². The van der Waals surface area contributed by atoms with Gasteiger partial charge in [-0.15, -0.1) is 0 Å². The summed E-state index contributed by atoms with van der Waals surface area (Å²) >= 11 is 0. The monoisotopic (exact) mass is 157 g/mol. The van der Waals surface area contributed by atoms with Crippen LogP contribution in [0.2, 0.25) is 0 Å². The Hall–Kier alpha value is 1.05. The summed E-state index contributed by atoms with van der Waals surface area (Å²) in [6.45, 7) is 0. The number of hydrogen-bond donors (Lipinski definition) is 0. The van der Waals surface area contributed by atoms with Gasteiger partial charge >= 0.3 is 0 Å². The van der Waals surface area contributed by atoms with Gasteiger partial charge in [0, 0.05) is 32.7 Å². The third-order valence-corrected chi connectivity index (χ3v) is 0. The molecule has 0 saturated heterocycles. The second kappa shape index (κ2) is 75.2. The fourth-order valence-electron chi connectivity index (χ4n) is 0. The van der Waals surface area contributed by atoms with E-state index >= 15 is 0 Å². The average Bonchev–Trinajstić information content (AvgIpc) is 0. The molecule has 0 atom stereocenters. The first-order valence-electron chi connectivity index (χ1n) is 0. The summed E-state index contributed by atoms with van der Waals surface area (Å²) < 4.78 is 0. The summed E-state index contributed by atoms with van der Waals surface area (Å²) in [5.41, 5.74) is 0. The third-order valence-electron chi connectivity index (χ3n) is 0. The molecule has 0 aromatic heterocycles. The van der Waals surface area contributed by atoms with Crippen LogP contribution in [-0.2, 0) is 32.7 Å². The third kappa shape index (κ3) is 42.7. The molecule has 0 amide bonds. The smallest absolute Gasteiger partial charge is 0.0814 e. The van der Waals surface area contributed by atoms with Crippen LogP contribution in [0.4, 0.5) is 0 Å². The van der Waals surface area contributed by atoms with Gasteiger partial charge in [0.25, 0.3) is 0 Å². The molecular formula is H9BO3Y. The van der Waals surface area contributed by atoms with Crippen LogP contribution in [0.15, 0.2) is 0 Å². The average molecular weight is 157 g/mol. The zero-order valence-corrected chi connectivity index (χ0v) is 4.92. The summed E-state index contributed by atoms with van der Waals surface area (Å²) in [6.07, 6.45) is 0. The predicted octanol–water partition coefficient (Wildman–Crippen LogP) is -3.66. The zero-order chi connectivity index (χ0) is 0. The van der Waals surface area contributed by atoms with Crippen molar-refractivity contribution in [2.75, 3.05) is 0 Å². The first kappa shape index (κ1) is 140. The van der Waals surface area contributed by atoms with E-state index in [9.17, 15) is 0 Å². The SMILES string of the molecule is B.O.O.O.[Y]. The van der Waals surface area contributed by atoms with Gasteiger partial charge in [-0.25, -0.2) is 0 Å². The molecule has 0 spiro atoms. The van der Waals surface area contributed by atoms with Crippen molar-refractivity contribution in [2.24, 2.45) is 0 Å². The normalized spacial score (nSPS) is 0. The van der Waals surface area contributed by atoms with Gasteiger partial charge in [-0.05, 0) is 0 Å². The maximum Gasteiger partial charge on any atom is 0.0814 e. The van der Waals surface area contributed by atoms with Crippen molar-refractivity contribution >= 4 is 8.41 Å². The molecule has 1 radical (unpaired) electrons. The van der Waals surface area contributed by atoms with Crippen molar-refractivity contribution in [2.45, 2.75) is 0 Å². The van der Waals surface area contributed by atoms with Crippen LogP contribution in [0.3, 0.4) is 0 Å². The maximum absolute atomic E-state index is 0. The van der Waals surface area contributed by atoms with Crippen LogP contribution in [0.25, 0.3) is 0 Å². The van der Waals surface area contributed by atoms with Gasteiger partial charge in [0.2, 0.25) is 0 Å². The Bertz CT molecular complexity index is 6.85. The molecule has 33 valence electrons. The van der Waals surface area contributed by atoms with Crippen molar-refractivity contribution in [3.63, 3.8) is 0 Å². The molecule has 0 aliphatic heterocycles. The van der Waals surface area contributed by atoms with Crippen LogP contribution in [0.5, 0.6) is 0 Å². The molecule has 0 aromatic rings. The predicted molar refractivity (Wildman–Crippen MR) is 20.8 cm³/mol. The molecule has 0 saturated carbocycles. The quantitative estimate of drug-likeness (QED) is 0.324. The van der Waals surface area contributed by atoms with Crippen molar-refractivity contribution in [3.8, 4) is 0 Å². The molecule has 0 aliphatic rings.